The quantitative estimate of drug-likeness (QED) is 0.156. The fourth-order valence-electron chi connectivity index (χ4n) is 2.87. The zero-order chi connectivity index (χ0) is 17.5. The molecule has 0 aliphatic carbocycles. The van der Waals surface area contributed by atoms with E-state index in [0.29, 0.717) is 25.2 Å². The van der Waals surface area contributed by atoms with Crippen LogP contribution in [0.5, 0.6) is 0 Å². The smallest absolute Gasteiger partial charge is 0.306 e. The number of unbranched alkanes of at least 4 members (excludes halogenated alkanes) is 7. The fraction of sp³-hybridized carbons (Fsp3) is 0.762. The molecule has 0 aromatic carbocycles. The van der Waals surface area contributed by atoms with E-state index < -0.39 is 0 Å². The highest BCUT2D eigenvalue weighted by Gasteiger charge is 2.36. The predicted octanol–water partition coefficient (Wildman–Crippen LogP) is 5.74. The third-order valence-electron chi connectivity index (χ3n) is 4.43. The van der Waals surface area contributed by atoms with E-state index in [9.17, 15) is 4.79 Å². The van der Waals surface area contributed by atoms with Crippen LogP contribution in [0.25, 0.3) is 0 Å². The summed E-state index contributed by atoms with van der Waals surface area (Å²) in [6, 6.07) is 0. The summed E-state index contributed by atoms with van der Waals surface area (Å²) in [4.78, 5) is 11.3. The normalized spacial score (nSPS) is 19.5. The molecule has 3 heteroatoms. The van der Waals surface area contributed by atoms with Gasteiger partial charge in [0.15, 0.2) is 0 Å². The minimum Gasteiger partial charge on any atom is -0.461 e. The predicted molar refractivity (Wildman–Crippen MR) is 100 cm³/mol. The third-order valence-corrected chi connectivity index (χ3v) is 4.43. The minimum absolute atomic E-state index is 0.104. The second kappa shape index (κ2) is 14.3. The molecule has 138 valence electrons. The molecule has 0 amide bonds. The summed E-state index contributed by atoms with van der Waals surface area (Å²) in [5, 5.41) is 0. The van der Waals surface area contributed by atoms with Crippen molar-refractivity contribution in [3.8, 4) is 0 Å². The molecule has 0 aromatic rings. The van der Waals surface area contributed by atoms with E-state index >= 15 is 0 Å². The van der Waals surface area contributed by atoms with Crippen LogP contribution in [0.1, 0.15) is 84.0 Å². The van der Waals surface area contributed by atoms with Crippen molar-refractivity contribution >= 4 is 5.97 Å². The Hall–Kier alpha value is -1.09. The van der Waals surface area contributed by atoms with Gasteiger partial charge < -0.3 is 9.47 Å². The monoisotopic (exact) mass is 336 g/mol. The van der Waals surface area contributed by atoms with E-state index in [-0.39, 0.29) is 5.97 Å². The Morgan fingerprint density at radius 1 is 1.04 bits per heavy atom. The summed E-state index contributed by atoms with van der Waals surface area (Å²) >= 11 is 0. The van der Waals surface area contributed by atoms with Gasteiger partial charge in [0.05, 0.1) is 12.2 Å². The molecule has 0 saturated carbocycles. The molecule has 3 nitrogen and oxygen atoms in total. The van der Waals surface area contributed by atoms with Crippen LogP contribution in [-0.4, -0.2) is 24.8 Å². The number of hydrogen-bond acceptors (Lipinski definition) is 3. The average molecular weight is 337 g/mol. The van der Waals surface area contributed by atoms with Crippen molar-refractivity contribution in [1.29, 1.82) is 0 Å². The van der Waals surface area contributed by atoms with E-state index in [1.807, 2.05) is 0 Å². The lowest BCUT2D eigenvalue weighted by molar-refractivity contribution is -0.142. The van der Waals surface area contributed by atoms with Crippen molar-refractivity contribution in [1.82, 2.24) is 0 Å². The van der Waals surface area contributed by atoms with Gasteiger partial charge in [-0.2, -0.15) is 0 Å². The second-order valence-corrected chi connectivity index (χ2v) is 6.69. The van der Waals surface area contributed by atoms with Crippen LogP contribution in [0.4, 0.5) is 0 Å². The molecule has 0 unspecified atom stereocenters. The molecule has 0 aromatic heterocycles. The molecule has 0 spiro atoms. The Labute approximate surface area is 148 Å². The molecular weight excluding hydrogens is 300 g/mol. The highest BCUT2D eigenvalue weighted by atomic mass is 16.6. The van der Waals surface area contributed by atoms with Crippen molar-refractivity contribution in [2.45, 2.75) is 96.2 Å². The fourth-order valence-corrected chi connectivity index (χ4v) is 2.87. The van der Waals surface area contributed by atoms with Gasteiger partial charge >= 0.3 is 5.97 Å². The van der Waals surface area contributed by atoms with Crippen LogP contribution in [0.2, 0.25) is 0 Å². The lowest BCUT2D eigenvalue weighted by Gasteiger charge is -2.02. The SMILES string of the molecule is C=CCOC(=O)CCCCCCC/C=C\C[C@@H]1O[C@@H]1CCCCC. The van der Waals surface area contributed by atoms with Crippen molar-refractivity contribution in [3.05, 3.63) is 24.8 Å². The van der Waals surface area contributed by atoms with Crippen LogP contribution in [0.3, 0.4) is 0 Å². The first kappa shape index (κ1) is 21.0. The van der Waals surface area contributed by atoms with Gasteiger partial charge in [0.2, 0.25) is 0 Å². The molecule has 1 saturated heterocycles. The molecule has 0 N–H and O–H groups in total. The van der Waals surface area contributed by atoms with E-state index in [1.165, 1.54) is 44.9 Å². The number of rotatable bonds is 16. The lowest BCUT2D eigenvalue weighted by Crippen LogP contribution is -2.03. The number of epoxide rings is 1. The molecule has 1 heterocycles. The Bertz CT molecular complexity index is 362. The van der Waals surface area contributed by atoms with Crippen molar-refractivity contribution < 1.29 is 14.3 Å². The van der Waals surface area contributed by atoms with Gasteiger partial charge in [0, 0.05) is 6.42 Å². The third kappa shape index (κ3) is 11.4. The van der Waals surface area contributed by atoms with Gasteiger partial charge in [-0.05, 0) is 32.1 Å². The number of ether oxygens (including phenoxy) is 2. The number of carbonyl (C=O) groups excluding carboxylic acids is 1. The molecule has 1 aliphatic rings. The summed E-state index contributed by atoms with van der Waals surface area (Å²) in [6.45, 7) is 6.10. The Balaban J connectivity index is 1.81. The number of carbonyl (C=O) groups is 1. The van der Waals surface area contributed by atoms with E-state index in [0.717, 1.165) is 25.7 Å². The summed E-state index contributed by atoms with van der Waals surface area (Å²) in [5.74, 6) is -0.104. The topological polar surface area (TPSA) is 38.8 Å². The number of esters is 1. The molecule has 1 aliphatic heterocycles. The number of hydrogen-bond donors (Lipinski definition) is 0. The molecule has 0 bridgehead atoms. The first-order chi connectivity index (χ1) is 11.8. The Kier molecular flexibility index (Phi) is 12.5. The first-order valence-electron chi connectivity index (χ1n) is 9.85. The Morgan fingerprint density at radius 3 is 2.62 bits per heavy atom. The second-order valence-electron chi connectivity index (χ2n) is 6.69. The maximum Gasteiger partial charge on any atom is 0.306 e. The summed E-state index contributed by atoms with van der Waals surface area (Å²) in [6.07, 6.45) is 20.9. The summed E-state index contributed by atoms with van der Waals surface area (Å²) in [5.41, 5.74) is 0. The summed E-state index contributed by atoms with van der Waals surface area (Å²) < 4.78 is 10.6. The van der Waals surface area contributed by atoms with Gasteiger partial charge in [-0.1, -0.05) is 70.3 Å². The van der Waals surface area contributed by atoms with Gasteiger partial charge in [0.25, 0.3) is 0 Å². The molecule has 0 radical (unpaired) electrons. The molecule has 1 fully saturated rings. The zero-order valence-corrected chi connectivity index (χ0v) is 15.5. The van der Waals surface area contributed by atoms with Crippen LogP contribution in [0.15, 0.2) is 24.8 Å². The van der Waals surface area contributed by atoms with Gasteiger partial charge in [-0.15, -0.1) is 0 Å². The first-order valence-corrected chi connectivity index (χ1v) is 9.85. The van der Waals surface area contributed by atoms with Gasteiger partial charge in [-0.3, -0.25) is 4.79 Å². The van der Waals surface area contributed by atoms with Crippen molar-refractivity contribution in [2.24, 2.45) is 0 Å². The van der Waals surface area contributed by atoms with Crippen LogP contribution >= 0.6 is 0 Å². The van der Waals surface area contributed by atoms with Crippen molar-refractivity contribution in [3.63, 3.8) is 0 Å². The standard InChI is InChI=1S/C21H36O3/c1-3-5-12-15-19-20(24-19)16-13-10-8-6-7-9-11-14-17-21(22)23-18-4-2/h4,10,13,19-20H,2-3,5-9,11-12,14-18H2,1H3/b13-10-/t19-,20+/m1/s1. The largest absolute Gasteiger partial charge is 0.461 e. The van der Waals surface area contributed by atoms with Gasteiger partial charge in [-0.25, -0.2) is 0 Å². The van der Waals surface area contributed by atoms with Gasteiger partial charge in [0.1, 0.15) is 6.61 Å². The zero-order valence-electron chi connectivity index (χ0n) is 15.5. The van der Waals surface area contributed by atoms with Crippen LogP contribution in [-0.2, 0) is 14.3 Å². The summed E-state index contributed by atoms with van der Waals surface area (Å²) in [7, 11) is 0. The Morgan fingerprint density at radius 2 is 1.83 bits per heavy atom. The molecule has 1 rings (SSSR count). The molecule has 24 heavy (non-hydrogen) atoms. The minimum atomic E-state index is -0.104. The molecular formula is C21H36O3. The van der Waals surface area contributed by atoms with Crippen LogP contribution in [0, 0.1) is 0 Å². The van der Waals surface area contributed by atoms with Crippen molar-refractivity contribution in [2.75, 3.05) is 6.61 Å². The highest BCUT2D eigenvalue weighted by molar-refractivity contribution is 5.69. The highest BCUT2D eigenvalue weighted by Crippen LogP contribution is 2.30. The van der Waals surface area contributed by atoms with E-state index in [4.69, 9.17) is 9.47 Å². The number of allylic oxidation sites excluding steroid dienone is 1. The maximum absolute atomic E-state index is 11.3. The van der Waals surface area contributed by atoms with E-state index in [1.54, 1.807) is 6.08 Å². The average Bonchev–Trinajstić information content (AvgIpc) is 3.33. The molecule has 2 atom stereocenters. The van der Waals surface area contributed by atoms with E-state index in [2.05, 4.69) is 25.7 Å². The maximum atomic E-state index is 11.3. The lowest BCUT2D eigenvalue weighted by atomic mass is 10.1. The van der Waals surface area contributed by atoms with Crippen LogP contribution < -0.4 is 0 Å².